The van der Waals surface area contributed by atoms with Crippen molar-refractivity contribution in [2.24, 2.45) is 0 Å². The van der Waals surface area contributed by atoms with Gasteiger partial charge in [0.05, 0.1) is 0 Å². The molecular formula is C14H23NO. The molecule has 1 atom stereocenters. The molecule has 0 fully saturated rings. The summed E-state index contributed by atoms with van der Waals surface area (Å²) in [7, 11) is 0. The normalized spacial score (nSPS) is 12.8. The van der Waals surface area contributed by atoms with Crippen molar-refractivity contribution in [3.05, 3.63) is 35.3 Å². The third-order valence-corrected chi connectivity index (χ3v) is 2.77. The summed E-state index contributed by atoms with van der Waals surface area (Å²) in [5.74, 6) is 2.02. The molecule has 1 aromatic heterocycles. The smallest absolute Gasteiger partial charge is 0.105 e. The molecule has 0 aliphatic heterocycles. The van der Waals surface area contributed by atoms with Crippen LogP contribution in [0.2, 0.25) is 0 Å². The van der Waals surface area contributed by atoms with E-state index >= 15 is 0 Å². The van der Waals surface area contributed by atoms with Crippen LogP contribution < -0.4 is 5.32 Å². The maximum absolute atomic E-state index is 5.59. The molecule has 0 amide bonds. The number of allylic oxidation sites excluding steroid dienone is 1. The molecule has 0 aliphatic rings. The van der Waals surface area contributed by atoms with E-state index in [9.17, 15) is 0 Å². The van der Waals surface area contributed by atoms with E-state index in [0.29, 0.717) is 6.04 Å². The van der Waals surface area contributed by atoms with E-state index in [0.717, 1.165) is 30.9 Å². The molecule has 2 nitrogen and oxygen atoms in total. The zero-order valence-corrected chi connectivity index (χ0v) is 10.9. The first-order valence-electron chi connectivity index (χ1n) is 5.99. The average Bonchev–Trinajstić information content (AvgIpc) is 2.52. The zero-order chi connectivity index (χ0) is 12.1. The summed E-state index contributed by atoms with van der Waals surface area (Å²) in [4.78, 5) is 0. The molecule has 0 bridgehead atoms. The topological polar surface area (TPSA) is 25.2 Å². The fraction of sp³-hybridized carbons (Fsp3) is 0.571. The van der Waals surface area contributed by atoms with E-state index in [4.69, 9.17) is 4.42 Å². The molecule has 1 rings (SSSR count). The summed E-state index contributed by atoms with van der Waals surface area (Å²) in [6.45, 7) is 13.2. The van der Waals surface area contributed by atoms with Gasteiger partial charge in [0.25, 0.3) is 0 Å². The number of rotatable bonds is 6. The van der Waals surface area contributed by atoms with E-state index in [1.54, 1.807) is 0 Å². The van der Waals surface area contributed by atoms with Gasteiger partial charge in [0.2, 0.25) is 0 Å². The Balaban J connectivity index is 2.76. The molecule has 16 heavy (non-hydrogen) atoms. The first-order valence-corrected chi connectivity index (χ1v) is 5.99. The van der Waals surface area contributed by atoms with Crippen LogP contribution >= 0.6 is 0 Å². The van der Waals surface area contributed by atoms with Crippen LogP contribution in [0.5, 0.6) is 0 Å². The van der Waals surface area contributed by atoms with E-state index in [-0.39, 0.29) is 0 Å². The van der Waals surface area contributed by atoms with Crippen LogP contribution in [-0.2, 0) is 0 Å². The van der Waals surface area contributed by atoms with Crippen LogP contribution in [-0.4, -0.2) is 6.54 Å². The highest BCUT2D eigenvalue weighted by molar-refractivity contribution is 5.24. The lowest BCUT2D eigenvalue weighted by molar-refractivity contribution is 0.474. The minimum absolute atomic E-state index is 0.388. The highest BCUT2D eigenvalue weighted by Crippen LogP contribution is 2.26. The molecule has 90 valence electrons. The molecule has 2 heteroatoms. The van der Waals surface area contributed by atoms with Crippen LogP contribution in [0.4, 0.5) is 0 Å². The van der Waals surface area contributed by atoms with Gasteiger partial charge in [-0.1, -0.05) is 12.5 Å². The molecule has 0 saturated carbocycles. The quantitative estimate of drug-likeness (QED) is 0.737. The number of nitrogens with one attached hydrogen (secondary N) is 1. The van der Waals surface area contributed by atoms with Gasteiger partial charge in [0.1, 0.15) is 11.5 Å². The SMILES string of the molecule is C=C(C)CCC(NCC)c1cc(C)oc1C. The fourth-order valence-electron chi connectivity index (χ4n) is 2.00. The van der Waals surface area contributed by atoms with Crippen LogP contribution in [0.3, 0.4) is 0 Å². The van der Waals surface area contributed by atoms with Gasteiger partial charge in [-0.3, -0.25) is 0 Å². The van der Waals surface area contributed by atoms with Crippen LogP contribution in [0.15, 0.2) is 22.6 Å². The van der Waals surface area contributed by atoms with Gasteiger partial charge in [-0.2, -0.15) is 0 Å². The maximum atomic E-state index is 5.59. The van der Waals surface area contributed by atoms with Crippen LogP contribution in [0, 0.1) is 13.8 Å². The van der Waals surface area contributed by atoms with Gasteiger partial charge in [-0.25, -0.2) is 0 Å². The molecule has 0 aliphatic carbocycles. The summed E-state index contributed by atoms with van der Waals surface area (Å²) in [6.07, 6.45) is 2.14. The predicted octanol–water partition coefficient (Wildman–Crippen LogP) is 3.90. The van der Waals surface area contributed by atoms with E-state index in [1.807, 2.05) is 13.8 Å². The first kappa shape index (κ1) is 13.0. The van der Waals surface area contributed by atoms with Crippen molar-refractivity contribution < 1.29 is 4.42 Å². The van der Waals surface area contributed by atoms with Crippen molar-refractivity contribution in [2.45, 2.75) is 46.6 Å². The molecular weight excluding hydrogens is 198 g/mol. The third kappa shape index (κ3) is 3.53. The molecule has 0 radical (unpaired) electrons. The summed E-state index contributed by atoms with van der Waals surface area (Å²) >= 11 is 0. The summed E-state index contributed by atoms with van der Waals surface area (Å²) in [6, 6.07) is 2.53. The minimum atomic E-state index is 0.388. The predicted molar refractivity (Wildman–Crippen MR) is 68.6 cm³/mol. The first-order chi connectivity index (χ1) is 7.54. The van der Waals surface area contributed by atoms with Crippen LogP contribution in [0.25, 0.3) is 0 Å². The van der Waals surface area contributed by atoms with Crippen molar-refractivity contribution in [3.8, 4) is 0 Å². The largest absolute Gasteiger partial charge is 0.466 e. The van der Waals surface area contributed by atoms with Gasteiger partial charge in [0.15, 0.2) is 0 Å². The zero-order valence-electron chi connectivity index (χ0n) is 10.9. The lowest BCUT2D eigenvalue weighted by Crippen LogP contribution is -2.21. The highest BCUT2D eigenvalue weighted by Gasteiger charge is 2.15. The van der Waals surface area contributed by atoms with E-state index in [1.165, 1.54) is 11.1 Å². The van der Waals surface area contributed by atoms with Crippen molar-refractivity contribution in [1.29, 1.82) is 0 Å². The number of hydrogen-bond acceptors (Lipinski definition) is 2. The van der Waals surface area contributed by atoms with E-state index < -0.39 is 0 Å². The maximum Gasteiger partial charge on any atom is 0.105 e. The Kier molecular flexibility index (Phi) is 4.81. The van der Waals surface area contributed by atoms with Crippen molar-refractivity contribution in [2.75, 3.05) is 6.54 Å². The number of aryl methyl sites for hydroxylation is 2. The van der Waals surface area contributed by atoms with E-state index in [2.05, 4.69) is 31.8 Å². The molecule has 0 spiro atoms. The van der Waals surface area contributed by atoms with Gasteiger partial charge >= 0.3 is 0 Å². The van der Waals surface area contributed by atoms with Gasteiger partial charge in [-0.15, -0.1) is 6.58 Å². The lowest BCUT2D eigenvalue weighted by Gasteiger charge is -2.17. The second kappa shape index (κ2) is 5.90. The number of furan rings is 1. The Bertz CT molecular complexity index is 352. The monoisotopic (exact) mass is 221 g/mol. The Hall–Kier alpha value is -1.02. The van der Waals surface area contributed by atoms with Crippen molar-refractivity contribution >= 4 is 0 Å². The van der Waals surface area contributed by atoms with Crippen molar-refractivity contribution in [3.63, 3.8) is 0 Å². The second-order valence-corrected chi connectivity index (χ2v) is 4.47. The Labute approximate surface area is 98.7 Å². The number of hydrogen-bond donors (Lipinski definition) is 1. The summed E-state index contributed by atoms with van der Waals surface area (Å²) in [5, 5.41) is 3.51. The van der Waals surface area contributed by atoms with Crippen LogP contribution in [0.1, 0.15) is 49.8 Å². The molecule has 0 saturated heterocycles. The van der Waals surface area contributed by atoms with Crippen molar-refractivity contribution in [1.82, 2.24) is 5.32 Å². The molecule has 1 aromatic rings. The fourth-order valence-corrected chi connectivity index (χ4v) is 2.00. The Morgan fingerprint density at radius 3 is 2.62 bits per heavy atom. The Morgan fingerprint density at radius 2 is 2.19 bits per heavy atom. The van der Waals surface area contributed by atoms with Gasteiger partial charge in [0, 0.05) is 11.6 Å². The third-order valence-electron chi connectivity index (χ3n) is 2.77. The van der Waals surface area contributed by atoms with Gasteiger partial charge < -0.3 is 9.73 Å². The second-order valence-electron chi connectivity index (χ2n) is 4.47. The molecule has 1 unspecified atom stereocenters. The molecule has 1 N–H and O–H groups in total. The average molecular weight is 221 g/mol. The lowest BCUT2D eigenvalue weighted by atomic mass is 10.00. The summed E-state index contributed by atoms with van der Waals surface area (Å²) < 4.78 is 5.59. The minimum Gasteiger partial charge on any atom is -0.466 e. The Morgan fingerprint density at radius 1 is 1.50 bits per heavy atom. The van der Waals surface area contributed by atoms with Gasteiger partial charge in [-0.05, 0) is 46.2 Å². The summed E-state index contributed by atoms with van der Waals surface area (Å²) in [5.41, 5.74) is 2.53. The standard InChI is InChI=1S/C14H23NO/c1-6-15-14(8-7-10(2)3)13-9-11(4)16-12(13)5/h9,14-15H,2,6-8H2,1,3-5H3. The molecule has 1 heterocycles. The molecule has 0 aromatic carbocycles. The highest BCUT2D eigenvalue weighted by atomic mass is 16.3.